The lowest BCUT2D eigenvalue weighted by Gasteiger charge is -2.02. The van der Waals surface area contributed by atoms with E-state index >= 15 is 0 Å². The molecule has 0 unspecified atom stereocenters. The summed E-state index contributed by atoms with van der Waals surface area (Å²) in [5, 5.41) is 1.99. The molecule has 0 aliphatic heterocycles. The SMILES string of the molecule is O=C(CCc1c[nH]c2ccccc12)OCc1nc2ccccc2s1. The molecule has 2 aromatic carbocycles. The summed E-state index contributed by atoms with van der Waals surface area (Å²) in [5.41, 5.74) is 3.19. The Balaban J connectivity index is 1.35. The fraction of sp³-hybridized carbons (Fsp3) is 0.158. The molecule has 0 saturated heterocycles. The highest BCUT2D eigenvalue weighted by Crippen LogP contribution is 2.22. The van der Waals surface area contributed by atoms with Crippen LogP contribution in [-0.4, -0.2) is 15.9 Å². The normalized spacial score (nSPS) is 11.2. The van der Waals surface area contributed by atoms with Crippen molar-refractivity contribution in [2.24, 2.45) is 0 Å². The highest BCUT2D eigenvalue weighted by atomic mass is 32.1. The van der Waals surface area contributed by atoms with E-state index in [1.54, 1.807) is 11.3 Å². The number of carbonyl (C=O) groups is 1. The number of H-pyrrole nitrogens is 1. The van der Waals surface area contributed by atoms with Crippen LogP contribution in [0.1, 0.15) is 17.0 Å². The number of aryl methyl sites for hydroxylation is 1. The van der Waals surface area contributed by atoms with Crippen molar-refractivity contribution in [3.8, 4) is 0 Å². The van der Waals surface area contributed by atoms with E-state index in [-0.39, 0.29) is 12.6 Å². The van der Waals surface area contributed by atoms with Gasteiger partial charge in [0.25, 0.3) is 0 Å². The van der Waals surface area contributed by atoms with E-state index in [2.05, 4.69) is 16.0 Å². The van der Waals surface area contributed by atoms with Crippen molar-refractivity contribution in [2.75, 3.05) is 0 Å². The maximum absolute atomic E-state index is 12.0. The predicted octanol–water partition coefficient (Wildman–Crippen LogP) is 4.45. The van der Waals surface area contributed by atoms with E-state index in [9.17, 15) is 4.79 Å². The predicted molar refractivity (Wildman–Crippen MR) is 96.0 cm³/mol. The molecule has 0 aliphatic rings. The Hall–Kier alpha value is -2.66. The van der Waals surface area contributed by atoms with Crippen LogP contribution in [0.2, 0.25) is 0 Å². The molecular formula is C19H16N2O2S. The Bertz CT molecular complexity index is 970. The first-order valence-corrected chi connectivity index (χ1v) is 8.66. The van der Waals surface area contributed by atoms with E-state index in [4.69, 9.17) is 4.74 Å². The number of thiazole rings is 1. The van der Waals surface area contributed by atoms with E-state index in [0.717, 1.165) is 31.7 Å². The molecule has 0 amide bonds. The lowest BCUT2D eigenvalue weighted by Crippen LogP contribution is -2.05. The largest absolute Gasteiger partial charge is 0.458 e. The maximum atomic E-state index is 12.0. The summed E-state index contributed by atoms with van der Waals surface area (Å²) in [6, 6.07) is 16.0. The highest BCUT2D eigenvalue weighted by molar-refractivity contribution is 7.18. The summed E-state index contributed by atoms with van der Waals surface area (Å²) >= 11 is 1.56. The third-order valence-electron chi connectivity index (χ3n) is 3.97. The summed E-state index contributed by atoms with van der Waals surface area (Å²) in [5.74, 6) is -0.195. The van der Waals surface area contributed by atoms with Gasteiger partial charge in [-0.1, -0.05) is 30.3 Å². The zero-order valence-electron chi connectivity index (χ0n) is 13.0. The Morgan fingerprint density at radius 3 is 2.88 bits per heavy atom. The van der Waals surface area contributed by atoms with E-state index in [1.807, 2.05) is 48.7 Å². The van der Waals surface area contributed by atoms with Crippen LogP contribution in [0.15, 0.2) is 54.7 Å². The van der Waals surface area contributed by atoms with Crippen molar-refractivity contribution in [3.63, 3.8) is 0 Å². The lowest BCUT2D eigenvalue weighted by molar-refractivity contribution is -0.144. The van der Waals surface area contributed by atoms with Gasteiger partial charge in [-0.05, 0) is 30.2 Å². The molecule has 0 atom stereocenters. The monoisotopic (exact) mass is 336 g/mol. The summed E-state index contributed by atoms with van der Waals surface area (Å²) in [6.45, 7) is 0.242. The van der Waals surface area contributed by atoms with Gasteiger partial charge >= 0.3 is 5.97 Å². The number of rotatable bonds is 5. The lowest BCUT2D eigenvalue weighted by atomic mass is 10.1. The molecule has 4 aromatic rings. The van der Waals surface area contributed by atoms with Gasteiger partial charge in [-0.15, -0.1) is 11.3 Å². The molecule has 4 rings (SSSR count). The number of benzene rings is 2. The average Bonchev–Trinajstić information content (AvgIpc) is 3.21. The van der Waals surface area contributed by atoms with Crippen LogP contribution in [0.3, 0.4) is 0 Å². The number of fused-ring (bicyclic) bond motifs is 2. The summed E-state index contributed by atoms with van der Waals surface area (Å²) in [4.78, 5) is 19.7. The number of nitrogens with zero attached hydrogens (tertiary/aromatic N) is 1. The summed E-state index contributed by atoms with van der Waals surface area (Å²) in [6.07, 6.45) is 3.00. The second kappa shape index (κ2) is 6.45. The molecular weight excluding hydrogens is 320 g/mol. The van der Waals surface area contributed by atoms with Gasteiger partial charge in [0.2, 0.25) is 0 Å². The number of hydrogen-bond acceptors (Lipinski definition) is 4. The first-order valence-electron chi connectivity index (χ1n) is 7.85. The smallest absolute Gasteiger partial charge is 0.306 e. The van der Waals surface area contributed by atoms with Crippen molar-refractivity contribution in [3.05, 3.63) is 65.3 Å². The third kappa shape index (κ3) is 3.03. The Morgan fingerprint density at radius 1 is 1.12 bits per heavy atom. The van der Waals surface area contributed by atoms with Crippen LogP contribution >= 0.6 is 11.3 Å². The zero-order chi connectivity index (χ0) is 16.4. The van der Waals surface area contributed by atoms with Crippen LogP contribution in [-0.2, 0) is 22.6 Å². The van der Waals surface area contributed by atoms with Crippen LogP contribution < -0.4 is 0 Å². The number of aromatic amines is 1. The van der Waals surface area contributed by atoms with Crippen LogP contribution in [0, 0.1) is 0 Å². The standard InChI is InChI=1S/C19H16N2O2S/c22-19(10-9-13-11-20-15-6-2-1-5-14(13)15)23-12-18-21-16-7-3-4-8-17(16)24-18/h1-8,11,20H,9-10,12H2. The molecule has 0 spiro atoms. The fourth-order valence-electron chi connectivity index (χ4n) is 2.77. The minimum Gasteiger partial charge on any atom is -0.458 e. The Kier molecular flexibility index (Phi) is 4.01. The molecule has 0 radical (unpaired) electrons. The second-order valence-corrected chi connectivity index (χ2v) is 6.71. The third-order valence-corrected chi connectivity index (χ3v) is 4.98. The van der Waals surface area contributed by atoms with Gasteiger partial charge < -0.3 is 9.72 Å². The summed E-state index contributed by atoms with van der Waals surface area (Å²) < 4.78 is 6.48. The molecule has 120 valence electrons. The molecule has 4 nitrogen and oxygen atoms in total. The quantitative estimate of drug-likeness (QED) is 0.548. The van der Waals surface area contributed by atoms with Gasteiger partial charge in [-0.25, -0.2) is 4.98 Å². The van der Waals surface area contributed by atoms with Gasteiger partial charge in [0.15, 0.2) is 0 Å². The molecule has 2 heterocycles. The van der Waals surface area contributed by atoms with Gasteiger partial charge in [-0.2, -0.15) is 0 Å². The topological polar surface area (TPSA) is 55.0 Å². The fourth-order valence-corrected chi connectivity index (χ4v) is 3.65. The number of para-hydroxylation sites is 2. The maximum Gasteiger partial charge on any atom is 0.306 e. The van der Waals surface area contributed by atoms with Crippen LogP contribution in [0.4, 0.5) is 0 Å². The molecule has 24 heavy (non-hydrogen) atoms. The van der Waals surface area contributed by atoms with Crippen LogP contribution in [0.25, 0.3) is 21.1 Å². The van der Waals surface area contributed by atoms with Crippen molar-refractivity contribution < 1.29 is 9.53 Å². The van der Waals surface area contributed by atoms with E-state index < -0.39 is 0 Å². The van der Waals surface area contributed by atoms with E-state index in [1.165, 1.54) is 0 Å². The average molecular weight is 336 g/mol. The van der Waals surface area contributed by atoms with Crippen molar-refractivity contribution in [1.29, 1.82) is 0 Å². The number of hydrogen-bond donors (Lipinski definition) is 1. The molecule has 1 N–H and O–H groups in total. The van der Waals surface area contributed by atoms with Gasteiger partial charge in [-0.3, -0.25) is 4.79 Å². The number of carbonyl (C=O) groups excluding carboxylic acids is 1. The Morgan fingerprint density at radius 2 is 1.96 bits per heavy atom. The molecule has 0 saturated carbocycles. The highest BCUT2D eigenvalue weighted by Gasteiger charge is 2.09. The first kappa shape index (κ1) is 14.9. The van der Waals surface area contributed by atoms with E-state index in [0.29, 0.717) is 12.8 Å². The molecule has 0 bridgehead atoms. The summed E-state index contributed by atoms with van der Waals surface area (Å²) in [7, 11) is 0. The van der Waals surface area contributed by atoms with Crippen LogP contribution in [0.5, 0.6) is 0 Å². The molecule has 2 aromatic heterocycles. The minimum absolute atomic E-state index is 0.195. The number of ether oxygens (including phenoxy) is 1. The minimum atomic E-state index is -0.195. The van der Waals surface area contributed by atoms with Gasteiger partial charge in [0, 0.05) is 23.5 Å². The van der Waals surface area contributed by atoms with Gasteiger partial charge in [0.05, 0.1) is 10.2 Å². The molecule has 0 fully saturated rings. The van der Waals surface area contributed by atoms with Gasteiger partial charge in [0.1, 0.15) is 11.6 Å². The second-order valence-electron chi connectivity index (χ2n) is 5.60. The molecule has 5 heteroatoms. The molecule has 0 aliphatic carbocycles. The zero-order valence-corrected chi connectivity index (χ0v) is 13.8. The number of aromatic nitrogens is 2. The van der Waals surface area contributed by atoms with Crippen molar-refractivity contribution >= 4 is 38.4 Å². The number of esters is 1. The Labute approximate surface area is 143 Å². The first-order chi connectivity index (χ1) is 11.8. The van der Waals surface area contributed by atoms with Crippen molar-refractivity contribution in [2.45, 2.75) is 19.4 Å². The number of nitrogens with one attached hydrogen (secondary N) is 1. The van der Waals surface area contributed by atoms with Crippen molar-refractivity contribution in [1.82, 2.24) is 9.97 Å².